The first kappa shape index (κ1) is 20.8. The van der Waals surface area contributed by atoms with Crippen LogP contribution in [-0.2, 0) is 6.16 Å². The van der Waals surface area contributed by atoms with Gasteiger partial charge in [0.25, 0.3) is 0 Å². The van der Waals surface area contributed by atoms with E-state index in [2.05, 4.69) is 120 Å². The van der Waals surface area contributed by atoms with Crippen molar-refractivity contribution in [2.75, 3.05) is 0 Å². The average Bonchev–Trinajstić information content (AvgIpc) is 2.65. The lowest BCUT2D eigenvalue weighted by molar-refractivity contribution is 0.702. The van der Waals surface area contributed by atoms with E-state index in [9.17, 15) is 0 Å². The average molecular weight is 389 g/mol. The lowest BCUT2D eigenvalue weighted by Crippen LogP contribution is -2.25. The first-order chi connectivity index (χ1) is 13.2. The summed E-state index contributed by atoms with van der Waals surface area (Å²) in [7, 11) is -0.164. The van der Waals surface area contributed by atoms with Crippen LogP contribution in [0, 0.1) is 0 Å². The molecule has 0 atom stereocenters. The molecular formula is C27H33P. The molecule has 3 rings (SSSR count). The lowest BCUT2D eigenvalue weighted by Gasteiger charge is -2.42. The van der Waals surface area contributed by atoms with Gasteiger partial charge in [-0.1, -0.05) is 128 Å². The topological polar surface area (TPSA) is 0 Å². The van der Waals surface area contributed by atoms with E-state index in [0.29, 0.717) is 10.3 Å². The van der Waals surface area contributed by atoms with Gasteiger partial charge in [0.15, 0.2) is 0 Å². The molecule has 0 N–H and O–H groups in total. The zero-order valence-corrected chi connectivity index (χ0v) is 19.1. The highest BCUT2D eigenvalue weighted by atomic mass is 31.1. The summed E-state index contributed by atoms with van der Waals surface area (Å²) < 4.78 is 0. The Kier molecular flexibility index (Phi) is 6.11. The highest BCUT2D eigenvalue weighted by Gasteiger charge is 2.34. The number of rotatable bonds is 4. The van der Waals surface area contributed by atoms with Crippen LogP contribution in [0.4, 0.5) is 0 Å². The molecule has 0 aliphatic heterocycles. The zero-order valence-electron chi connectivity index (χ0n) is 18.2. The van der Waals surface area contributed by atoms with Crippen LogP contribution in [0.25, 0.3) is 22.3 Å². The first-order valence-corrected chi connectivity index (χ1v) is 11.7. The summed E-state index contributed by atoms with van der Waals surface area (Å²) in [5.41, 5.74) is 6.67. The molecule has 0 nitrogen and oxygen atoms in total. The van der Waals surface area contributed by atoms with Gasteiger partial charge in [-0.2, -0.15) is 0 Å². The van der Waals surface area contributed by atoms with Gasteiger partial charge in [-0.05, 0) is 44.3 Å². The standard InChI is InChI=1S/C27H33P/c1-26(2,3)28(27(4,5)6)20-21-17-18-24(22-13-9-7-10-14-22)25(19-21)23-15-11-8-12-16-23/h7-19H,20H2,1-6H3. The monoisotopic (exact) mass is 388 g/mol. The molecule has 0 amide bonds. The molecule has 1 heteroatoms. The van der Waals surface area contributed by atoms with Crippen molar-refractivity contribution in [3.8, 4) is 22.3 Å². The van der Waals surface area contributed by atoms with E-state index in [1.54, 1.807) is 0 Å². The second-order valence-electron chi connectivity index (χ2n) is 9.54. The maximum Gasteiger partial charge on any atom is -0.00635 e. The van der Waals surface area contributed by atoms with E-state index in [-0.39, 0.29) is 7.92 Å². The third-order valence-corrected chi connectivity index (χ3v) is 9.13. The Balaban J connectivity index is 2.08. The predicted octanol–water partition coefficient (Wildman–Crippen LogP) is 8.60. The highest BCUT2D eigenvalue weighted by molar-refractivity contribution is 7.60. The van der Waals surface area contributed by atoms with Crippen molar-refractivity contribution >= 4 is 7.92 Å². The minimum Gasteiger partial charge on any atom is -0.0911 e. The molecule has 0 aliphatic rings. The van der Waals surface area contributed by atoms with Crippen LogP contribution in [0.3, 0.4) is 0 Å². The van der Waals surface area contributed by atoms with E-state index >= 15 is 0 Å². The van der Waals surface area contributed by atoms with Gasteiger partial charge in [-0.3, -0.25) is 0 Å². The molecule has 3 aromatic rings. The van der Waals surface area contributed by atoms with Gasteiger partial charge in [-0.15, -0.1) is 0 Å². The quantitative estimate of drug-likeness (QED) is 0.392. The van der Waals surface area contributed by atoms with Crippen LogP contribution >= 0.6 is 7.92 Å². The van der Waals surface area contributed by atoms with Crippen LogP contribution in [0.1, 0.15) is 47.1 Å². The molecule has 0 heterocycles. The minimum atomic E-state index is -0.164. The number of benzene rings is 3. The molecular weight excluding hydrogens is 355 g/mol. The van der Waals surface area contributed by atoms with Gasteiger partial charge in [0.05, 0.1) is 0 Å². The van der Waals surface area contributed by atoms with E-state index in [1.807, 2.05) is 0 Å². The Bertz CT molecular complexity index is 882. The van der Waals surface area contributed by atoms with Gasteiger partial charge in [0, 0.05) is 0 Å². The molecule has 0 spiro atoms. The third kappa shape index (κ3) is 4.92. The number of hydrogen-bond donors (Lipinski definition) is 0. The molecule has 0 fully saturated rings. The molecule has 0 radical (unpaired) electrons. The van der Waals surface area contributed by atoms with E-state index in [1.165, 1.54) is 27.8 Å². The molecule has 3 aromatic carbocycles. The SMILES string of the molecule is CC(C)(C)P(Cc1ccc(-c2ccccc2)c(-c2ccccc2)c1)C(C)(C)C. The molecule has 0 saturated heterocycles. The summed E-state index contributed by atoms with van der Waals surface area (Å²) in [4.78, 5) is 0. The predicted molar refractivity (Wildman–Crippen MR) is 127 cm³/mol. The minimum absolute atomic E-state index is 0.164. The summed E-state index contributed by atoms with van der Waals surface area (Å²) in [6, 6.07) is 28.7. The van der Waals surface area contributed by atoms with Crippen molar-refractivity contribution in [3.63, 3.8) is 0 Å². The van der Waals surface area contributed by atoms with E-state index < -0.39 is 0 Å². The molecule has 146 valence electrons. The second-order valence-corrected chi connectivity index (χ2v) is 13.4. The summed E-state index contributed by atoms with van der Waals surface area (Å²) in [6.45, 7) is 14.4. The lowest BCUT2D eigenvalue weighted by atomic mass is 9.93. The Labute approximate surface area is 172 Å². The van der Waals surface area contributed by atoms with Gasteiger partial charge < -0.3 is 0 Å². The number of hydrogen-bond acceptors (Lipinski definition) is 0. The van der Waals surface area contributed by atoms with Gasteiger partial charge in [-0.25, -0.2) is 0 Å². The largest absolute Gasteiger partial charge is 0.0911 e. The van der Waals surface area contributed by atoms with Crippen molar-refractivity contribution in [2.45, 2.75) is 58.0 Å². The van der Waals surface area contributed by atoms with Crippen LogP contribution in [0.2, 0.25) is 0 Å². The molecule has 0 unspecified atom stereocenters. The molecule has 0 aliphatic carbocycles. The third-order valence-electron chi connectivity index (χ3n) is 5.21. The van der Waals surface area contributed by atoms with Crippen LogP contribution < -0.4 is 0 Å². The van der Waals surface area contributed by atoms with Gasteiger partial charge in [0.2, 0.25) is 0 Å². The summed E-state index contributed by atoms with van der Waals surface area (Å²) >= 11 is 0. The maximum atomic E-state index is 2.44. The highest BCUT2D eigenvalue weighted by Crippen LogP contribution is 2.61. The fourth-order valence-electron chi connectivity index (χ4n) is 4.08. The van der Waals surface area contributed by atoms with Crippen molar-refractivity contribution in [2.24, 2.45) is 0 Å². The van der Waals surface area contributed by atoms with E-state index in [0.717, 1.165) is 6.16 Å². The van der Waals surface area contributed by atoms with Crippen molar-refractivity contribution in [1.29, 1.82) is 0 Å². The van der Waals surface area contributed by atoms with Gasteiger partial charge >= 0.3 is 0 Å². The zero-order chi connectivity index (χ0) is 20.4. The van der Waals surface area contributed by atoms with Gasteiger partial charge in [0.1, 0.15) is 0 Å². The van der Waals surface area contributed by atoms with Crippen molar-refractivity contribution in [1.82, 2.24) is 0 Å². The maximum absolute atomic E-state index is 2.44. The first-order valence-electron chi connectivity index (χ1n) is 10.2. The fourth-order valence-corrected chi connectivity index (χ4v) is 7.60. The summed E-state index contributed by atoms with van der Waals surface area (Å²) in [5, 5.41) is 0.664. The Morgan fingerprint density at radius 3 is 1.50 bits per heavy atom. The smallest absolute Gasteiger partial charge is 0.00635 e. The van der Waals surface area contributed by atoms with E-state index in [4.69, 9.17) is 0 Å². The summed E-state index contributed by atoms with van der Waals surface area (Å²) in [5.74, 6) is 0. The van der Waals surface area contributed by atoms with Crippen LogP contribution in [0.5, 0.6) is 0 Å². The Hall–Kier alpha value is -1.91. The fraction of sp³-hybridized carbons (Fsp3) is 0.333. The molecule has 0 bridgehead atoms. The normalized spacial score (nSPS) is 12.4. The molecule has 28 heavy (non-hydrogen) atoms. The molecule has 0 saturated carbocycles. The van der Waals surface area contributed by atoms with Crippen molar-refractivity contribution in [3.05, 3.63) is 84.4 Å². The Morgan fingerprint density at radius 1 is 0.571 bits per heavy atom. The molecule has 0 aromatic heterocycles. The van der Waals surface area contributed by atoms with Crippen LogP contribution in [0.15, 0.2) is 78.9 Å². The summed E-state index contributed by atoms with van der Waals surface area (Å²) in [6.07, 6.45) is 1.16. The second kappa shape index (κ2) is 8.22. The van der Waals surface area contributed by atoms with Crippen LogP contribution in [-0.4, -0.2) is 10.3 Å². The van der Waals surface area contributed by atoms with Crippen molar-refractivity contribution < 1.29 is 0 Å². The Morgan fingerprint density at radius 2 is 1.04 bits per heavy atom.